The highest BCUT2D eigenvalue weighted by molar-refractivity contribution is 5.72. The normalized spacial score (nSPS) is 11.5. The number of esters is 1. The quantitative estimate of drug-likeness (QED) is 0.623. The Balaban J connectivity index is 1.79. The Hall–Kier alpha value is -2.17. The van der Waals surface area contributed by atoms with Gasteiger partial charge >= 0.3 is 5.97 Å². The number of nitrogens with zero attached hydrogens (tertiary/aromatic N) is 2. The van der Waals surface area contributed by atoms with Gasteiger partial charge in [-0.05, 0) is 31.0 Å². The van der Waals surface area contributed by atoms with Crippen molar-refractivity contribution >= 4 is 5.97 Å². The van der Waals surface area contributed by atoms with Crippen LogP contribution in [0.15, 0.2) is 28.8 Å². The van der Waals surface area contributed by atoms with E-state index in [1.165, 1.54) is 0 Å². The molecule has 1 heterocycles. The number of rotatable bonds is 5. The summed E-state index contributed by atoms with van der Waals surface area (Å²) in [5.74, 6) is 1.58. The van der Waals surface area contributed by atoms with Gasteiger partial charge in [0.1, 0.15) is 5.75 Å². The van der Waals surface area contributed by atoms with Crippen LogP contribution in [0.3, 0.4) is 0 Å². The van der Waals surface area contributed by atoms with Crippen molar-refractivity contribution in [2.45, 2.75) is 52.4 Å². The van der Waals surface area contributed by atoms with Crippen LogP contribution in [0.1, 0.15) is 50.9 Å². The topological polar surface area (TPSA) is 65.2 Å². The number of hydrogen-bond acceptors (Lipinski definition) is 5. The summed E-state index contributed by atoms with van der Waals surface area (Å²) in [5.41, 5.74) is 0.928. The lowest BCUT2D eigenvalue weighted by molar-refractivity contribution is -0.134. The van der Waals surface area contributed by atoms with Crippen molar-refractivity contribution in [1.29, 1.82) is 0 Å². The van der Waals surface area contributed by atoms with Crippen molar-refractivity contribution in [2.75, 3.05) is 0 Å². The number of aromatic nitrogens is 2. The van der Waals surface area contributed by atoms with Gasteiger partial charge < -0.3 is 9.26 Å². The summed E-state index contributed by atoms with van der Waals surface area (Å²) < 4.78 is 10.5. The lowest BCUT2D eigenvalue weighted by Gasteiger charge is -2.10. The molecule has 0 amide bonds. The minimum Gasteiger partial charge on any atom is -0.427 e. The van der Waals surface area contributed by atoms with E-state index >= 15 is 0 Å². The molecule has 0 unspecified atom stereocenters. The largest absolute Gasteiger partial charge is 0.427 e. The Morgan fingerprint density at radius 2 is 2.09 bits per heavy atom. The summed E-state index contributed by atoms with van der Waals surface area (Å²) in [4.78, 5) is 16.1. The summed E-state index contributed by atoms with van der Waals surface area (Å²) >= 11 is 0. The van der Waals surface area contributed by atoms with Crippen molar-refractivity contribution in [3.63, 3.8) is 0 Å². The molecule has 0 aliphatic rings. The van der Waals surface area contributed by atoms with Crippen LogP contribution in [0.4, 0.5) is 0 Å². The Kier molecular flexibility index (Phi) is 4.96. The molecule has 1 aromatic heterocycles. The summed E-state index contributed by atoms with van der Waals surface area (Å²) in [7, 11) is 0. The molecule has 5 heteroatoms. The smallest absolute Gasteiger partial charge is 0.311 e. The molecule has 5 nitrogen and oxygen atoms in total. The third kappa shape index (κ3) is 4.69. The highest BCUT2D eigenvalue weighted by Gasteiger charge is 2.20. The first-order valence-electron chi connectivity index (χ1n) is 7.45. The average molecular weight is 302 g/mol. The van der Waals surface area contributed by atoms with Gasteiger partial charge in [-0.3, -0.25) is 4.79 Å². The number of hydrogen-bond donors (Lipinski definition) is 0. The molecule has 0 bridgehead atoms. The van der Waals surface area contributed by atoms with E-state index in [1.807, 2.05) is 45.9 Å². The molecule has 0 aliphatic heterocycles. The Morgan fingerprint density at radius 3 is 2.73 bits per heavy atom. The van der Waals surface area contributed by atoms with Crippen LogP contribution in [0.25, 0.3) is 0 Å². The van der Waals surface area contributed by atoms with E-state index in [0.29, 0.717) is 36.7 Å². The fourth-order valence-electron chi connectivity index (χ4n) is 1.91. The van der Waals surface area contributed by atoms with E-state index in [0.717, 1.165) is 5.56 Å². The van der Waals surface area contributed by atoms with Gasteiger partial charge in [0, 0.05) is 18.3 Å². The molecule has 0 atom stereocenters. The number of ether oxygens (including phenoxy) is 1. The Morgan fingerprint density at radius 1 is 1.32 bits per heavy atom. The molecule has 2 rings (SSSR count). The zero-order valence-corrected chi connectivity index (χ0v) is 13.5. The summed E-state index contributed by atoms with van der Waals surface area (Å²) in [6, 6.07) is 7.44. The van der Waals surface area contributed by atoms with Crippen LogP contribution in [0, 0.1) is 6.92 Å². The zero-order chi connectivity index (χ0) is 16.2. The maximum atomic E-state index is 11.8. The second-order valence-corrected chi connectivity index (χ2v) is 6.41. The first-order valence-corrected chi connectivity index (χ1v) is 7.45. The van der Waals surface area contributed by atoms with E-state index in [1.54, 1.807) is 6.07 Å². The maximum absolute atomic E-state index is 11.8. The highest BCUT2D eigenvalue weighted by atomic mass is 16.5. The van der Waals surface area contributed by atoms with Crippen LogP contribution >= 0.6 is 0 Å². The molecule has 22 heavy (non-hydrogen) atoms. The minimum absolute atomic E-state index is 0.133. The van der Waals surface area contributed by atoms with Gasteiger partial charge in [-0.25, -0.2) is 0 Å². The van der Waals surface area contributed by atoms with Crippen LogP contribution in [-0.4, -0.2) is 16.1 Å². The van der Waals surface area contributed by atoms with Crippen molar-refractivity contribution in [1.82, 2.24) is 10.1 Å². The Labute approximate surface area is 130 Å². The number of aryl methyl sites for hydroxylation is 2. The zero-order valence-electron chi connectivity index (χ0n) is 13.5. The summed E-state index contributed by atoms with van der Waals surface area (Å²) in [6.07, 6.45) is 1.52. The average Bonchev–Trinajstić information content (AvgIpc) is 2.87. The first kappa shape index (κ1) is 16.2. The second kappa shape index (κ2) is 6.73. The maximum Gasteiger partial charge on any atom is 0.311 e. The fraction of sp³-hybridized carbons (Fsp3) is 0.471. The number of carbonyl (C=O) groups excluding carboxylic acids is 1. The number of benzene rings is 1. The van der Waals surface area contributed by atoms with Gasteiger partial charge in [0.15, 0.2) is 5.82 Å². The van der Waals surface area contributed by atoms with Gasteiger partial charge in [0.05, 0.1) is 0 Å². The molecular weight excluding hydrogens is 280 g/mol. The van der Waals surface area contributed by atoms with Gasteiger partial charge in [0.2, 0.25) is 5.89 Å². The molecule has 0 aliphatic carbocycles. The lowest BCUT2D eigenvalue weighted by atomic mass is 9.96. The molecule has 0 fully saturated rings. The van der Waals surface area contributed by atoms with Gasteiger partial charge in [-0.15, -0.1) is 0 Å². The summed E-state index contributed by atoms with van der Waals surface area (Å²) in [5, 5.41) is 3.96. The molecule has 0 saturated heterocycles. The van der Waals surface area contributed by atoms with E-state index in [-0.39, 0.29) is 11.4 Å². The fourth-order valence-corrected chi connectivity index (χ4v) is 1.91. The molecule has 0 N–H and O–H groups in total. The number of carbonyl (C=O) groups is 1. The third-order valence-corrected chi connectivity index (χ3v) is 3.13. The van der Waals surface area contributed by atoms with E-state index in [4.69, 9.17) is 9.26 Å². The van der Waals surface area contributed by atoms with E-state index in [2.05, 4.69) is 10.1 Å². The van der Waals surface area contributed by atoms with E-state index in [9.17, 15) is 4.79 Å². The predicted octanol–water partition coefficient (Wildman–Crippen LogP) is 3.60. The standard InChI is InChI=1S/C17H22N2O3/c1-12-7-5-8-13(11-12)21-15(20)10-6-9-14-18-16(19-22-14)17(2,3)4/h5,7-8,11H,6,9-10H2,1-4H3. The molecule has 0 radical (unpaired) electrons. The third-order valence-electron chi connectivity index (χ3n) is 3.13. The molecule has 0 saturated carbocycles. The van der Waals surface area contributed by atoms with Gasteiger partial charge in [0.25, 0.3) is 0 Å². The van der Waals surface area contributed by atoms with E-state index < -0.39 is 0 Å². The first-order chi connectivity index (χ1) is 10.3. The molecule has 118 valence electrons. The molecule has 1 aromatic carbocycles. The summed E-state index contributed by atoms with van der Waals surface area (Å²) in [6.45, 7) is 8.04. The SMILES string of the molecule is Cc1cccc(OC(=O)CCCc2nc(C(C)(C)C)no2)c1. The van der Waals surface area contributed by atoms with Crippen LogP contribution < -0.4 is 4.74 Å². The second-order valence-electron chi connectivity index (χ2n) is 6.41. The van der Waals surface area contributed by atoms with Crippen LogP contribution in [0.2, 0.25) is 0 Å². The van der Waals surface area contributed by atoms with Gasteiger partial charge in [-0.1, -0.05) is 38.1 Å². The predicted molar refractivity (Wildman–Crippen MR) is 82.8 cm³/mol. The lowest BCUT2D eigenvalue weighted by Crippen LogP contribution is -2.13. The molecule has 0 spiro atoms. The van der Waals surface area contributed by atoms with Crippen molar-refractivity contribution < 1.29 is 14.1 Å². The highest BCUT2D eigenvalue weighted by Crippen LogP contribution is 2.19. The van der Waals surface area contributed by atoms with Crippen molar-refractivity contribution in [2.24, 2.45) is 0 Å². The monoisotopic (exact) mass is 302 g/mol. The molecule has 2 aromatic rings. The Bertz CT molecular complexity index is 641. The van der Waals surface area contributed by atoms with Crippen molar-refractivity contribution in [3.8, 4) is 5.75 Å². The van der Waals surface area contributed by atoms with Crippen LogP contribution in [-0.2, 0) is 16.6 Å². The van der Waals surface area contributed by atoms with Crippen molar-refractivity contribution in [3.05, 3.63) is 41.5 Å². The van der Waals surface area contributed by atoms with Gasteiger partial charge in [-0.2, -0.15) is 4.98 Å². The molecular formula is C17H22N2O3. The minimum atomic E-state index is -0.249. The van der Waals surface area contributed by atoms with Crippen LogP contribution in [0.5, 0.6) is 5.75 Å².